The minimum Gasteiger partial charge on any atom is -0.456 e. The minimum absolute atomic E-state index is 0.191. The molecule has 0 spiro atoms. The summed E-state index contributed by atoms with van der Waals surface area (Å²) in [5.74, 6) is -0.343. The fourth-order valence-corrected chi connectivity index (χ4v) is 2.19. The molecular formula is C16H23ClO3. The number of unbranched alkanes of at least 4 members (excludes halogenated alkanes) is 3. The molecule has 1 aromatic rings. The van der Waals surface area contributed by atoms with Crippen molar-refractivity contribution in [2.75, 3.05) is 13.7 Å². The molecule has 20 heavy (non-hydrogen) atoms. The number of ether oxygens (including phenoxy) is 2. The normalized spacial score (nSPS) is 12.2. The zero-order valence-corrected chi connectivity index (χ0v) is 13.0. The number of halogens is 1. The predicted octanol–water partition coefficient (Wildman–Crippen LogP) is 4.48. The second-order valence-corrected chi connectivity index (χ2v) is 5.28. The molecule has 0 saturated carbocycles. The van der Waals surface area contributed by atoms with Crippen molar-refractivity contribution in [2.24, 2.45) is 0 Å². The van der Waals surface area contributed by atoms with Gasteiger partial charge in [0.2, 0.25) is 0 Å². The molecule has 1 unspecified atom stereocenters. The molecule has 0 heterocycles. The Morgan fingerprint density at radius 1 is 1.30 bits per heavy atom. The third-order valence-corrected chi connectivity index (χ3v) is 3.30. The molecule has 0 aromatic heterocycles. The van der Waals surface area contributed by atoms with Gasteiger partial charge in [0.1, 0.15) is 6.10 Å². The Kier molecular flexibility index (Phi) is 8.31. The van der Waals surface area contributed by atoms with Crippen molar-refractivity contribution >= 4 is 17.6 Å². The SMILES string of the molecule is CCCCCCC(COC)OC(=O)c1cccc(Cl)c1. The summed E-state index contributed by atoms with van der Waals surface area (Å²) in [6, 6.07) is 6.79. The van der Waals surface area contributed by atoms with E-state index in [1.54, 1.807) is 31.4 Å². The quantitative estimate of drug-likeness (QED) is 0.498. The van der Waals surface area contributed by atoms with Crippen LogP contribution in [-0.4, -0.2) is 25.8 Å². The van der Waals surface area contributed by atoms with Gasteiger partial charge in [0.25, 0.3) is 0 Å². The lowest BCUT2D eigenvalue weighted by Crippen LogP contribution is -2.23. The molecule has 0 bridgehead atoms. The monoisotopic (exact) mass is 298 g/mol. The van der Waals surface area contributed by atoms with Gasteiger partial charge in [0.15, 0.2) is 0 Å². The Labute approximate surface area is 126 Å². The van der Waals surface area contributed by atoms with E-state index in [1.807, 2.05) is 0 Å². The average Bonchev–Trinajstić information content (AvgIpc) is 2.43. The fourth-order valence-electron chi connectivity index (χ4n) is 2.00. The highest BCUT2D eigenvalue weighted by molar-refractivity contribution is 6.30. The van der Waals surface area contributed by atoms with Crippen molar-refractivity contribution in [3.8, 4) is 0 Å². The van der Waals surface area contributed by atoms with Crippen LogP contribution in [0.15, 0.2) is 24.3 Å². The number of benzene rings is 1. The van der Waals surface area contributed by atoms with E-state index in [-0.39, 0.29) is 12.1 Å². The molecule has 3 nitrogen and oxygen atoms in total. The number of hydrogen-bond donors (Lipinski definition) is 0. The van der Waals surface area contributed by atoms with Gasteiger partial charge in [-0.25, -0.2) is 4.79 Å². The zero-order valence-electron chi connectivity index (χ0n) is 12.2. The lowest BCUT2D eigenvalue weighted by atomic mass is 10.1. The summed E-state index contributed by atoms with van der Waals surface area (Å²) in [4.78, 5) is 12.0. The standard InChI is InChI=1S/C16H23ClO3/c1-3-4-5-6-10-15(12-19-2)20-16(18)13-8-7-9-14(17)11-13/h7-9,11,15H,3-6,10,12H2,1-2H3. The number of carbonyl (C=O) groups excluding carboxylic acids is 1. The maximum absolute atomic E-state index is 12.0. The van der Waals surface area contributed by atoms with Crippen LogP contribution < -0.4 is 0 Å². The van der Waals surface area contributed by atoms with Crippen molar-refractivity contribution < 1.29 is 14.3 Å². The molecule has 0 aliphatic rings. The van der Waals surface area contributed by atoms with Crippen molar-refractivity contribution in [3.05, 3.63) is 34.9 Å². The van der Waals surface area contributed by atoms with Crippen LogP contribution in [0.4, 0.5) is 0 Å². The highest BCUT2D eigenvalue weighted by Gasteiger charge is 2.16. The summed E-state index contributed by atoms with van der Waals surface area (Å²) >= 11 is 5.87. The van der Waals surface area contributed by atoms with Gasteiger partial charge in [0, 0.05) is 12.1 Å². The van der Waals surface area contributed by atoms with E-state index in [1.165, 1.54) is 12.8 Å². The van der Waals surface area contributed by atoms with Gasteiger partial charge >= 0.3 is 5.97 Å². The largest absolute Gasteiger partial charge is 0.456 e. The number of hydrogen-bond acceptors (Lipinski definition) is 3. The van der Waals surface area contributed by atoms with E-state index < -0.39 is 0 Å². The van der Waals surface area contributed by atoms with Crippen molar-refractivity contribution in [1.82, 2.24) is 0 Å². The Bertz CT molecular complexity index is 406. The van der Waals surface area contributed by atoms with Gasteiger partial charge in [-0.2, -0.15) is 0 Å². The second kappa shape index (κ2) is 9.78. The van der Waals surface area contributed by atoms with Crippen molar-refractivity contribution in [2.45, 2.75) is 45.1 Å². The first-order valence-corrected chi connectivity index (χ1v) is 7.50. The first kappa shape index (κ1) is 17.0. The van der Waals surface area contributed by atoms with Crippen LogP contribution in [0.25, 0.3) is 0 Å². The van der Waals surface area contributed by atoms with E-state index in [9.17, 15) is 4.79 Å². The van der Waals surface area contributed by atoms with Crippen LogP contribution in [0.5, 0.6) is 0 Å². The summed E-state index contributed by atoms with van der Waals surface area (Å²) in [5, 5.41) is 0.533. The number of carbonyl (C=O) groups is 1. The molecule has 1 rings (SSSR count). The Morgan fingerprint density at radius 3 is 2.75 bits per heavy atom. The highest BCUT2D eigenvalue weighted by Crippen LogP contribution is 2.15. The maximum atomic E-state index is 12.0. The lowest BCUT2D eigenvalue weighted by molar-refractivity contribution is 0.00238. The van der Waals surface area contributed by atoms with Gasteiger partial charge in [-0.3, -0.25) is 0 Å². The summed E-state index contributed by atoms with van der Waals surface area (Å²) < 4.78 is 10.6. The van der Waals surface area contributed by atoms with Crippen molar-refractivity contribution in [1.29, 1.82) is 0 Å². The first-order valence-electron chi connectivity index (χ1n) is 7.12. The van der Waals surface area contributed by atoms with E-state index >= 15 is 0 Å². The van der Waals surface area contributed by atoms with Crippen LogP contribution >= 0.6 is 11.6 Å². The van der Waals surface area contributed by atoms with Crippen LogP contribution in [0.3, 0.4) is 0 Å². The van der Waals surface area contributed by atoms with E-state index in [2.05, 4.69) is 6.92 Å². The van der Waals surface area contributed by atoms with Gasteiger partial charge in [-0.05, 0) is 31.0 Å². The van der Waals surface area contributed by atoms with Crippen LogP contribution in [-0.2, 0) is 9.47 Å². The third-order valence-electron chi connectivity index (χ3n) is 3.07. The van der Waals surface area contributed by atoms with Crippen LogP contribution in [0.1, 0.15) is 49.4 Å². The summed E-state index contributed by atoms with van der Waals surface area (Å²) in [6.07, 6.45) is 5.25. The molecule has 1 atom stereocenters. The molecule has 0 N–H and O–H groups in total. The van der Waals surface area contributed by atoms with Crippen LogP contribution in [0, 0.1) is 0 Å². The maximum Gasteiger partial charge on any atom is 0.338 e. The molecule has 112 valence electrons. The molecule has 0 fully saturated rings. The topological polar surface area (TPSA) is 35.5 Å². The molecule has 0 saturated heterocycles. The molecule has 0 aliphatic carbocycles. The number of methoxy groups -OCH3 is 1. The smallest absolute Gasteiger partial charge is 0.338 e. The third kappa shape index (κ3) is 6.40. The lowest BCUT2D eigenvalue weighted by Gasteiger charge is -2.17. The van der Waals surface area contributed by atoms with Gasteiger partial charge in [-0.15, -0.1) is 0 Å². The summed E-state index contributed by atoms with van der Waals surface area (Å²) in [5.41, 5.74) is 0.479. The van der Waals surface area contributed by atoms with Crippen LogP contribution in [0.2, 0.25) is 5.02 Å². The molecule has 0 aliphatic heterocycles. The summed E-state index contributed by atoms with van der Waals surface area (Å²) in [7, 11) is 1.62. The average molecular weight is 299 g/mol. The minimum atomic E-state index is -0.343. The molecule has 4 heteroatoms. The zero-order chi connectivity index (χ0) is 14.8. The summed E-state index contributed by atoms with van der Waals surface area (Å²) in [6.45, 7) is 2.60. The highest BCUT2D eigenvalue weighted by atomic mass is 35.5. The van der Waals surface area contributed by atoms with Gasteiger partial charge < -0.3 is 9.47 Å². The predicted molar refractivity (Wildman–Crippen MR) is 81.3 cm³/mol. The fraction of sp³-hybridized carbons (Fsp3) is 0.562. The Balaban J connectivity index is 2.49. The number of rotatable bonds is 9. The second-order valence-electron chi connectivity index (χ2n) is 4.84. The Hall–Kier alpha value is -1.06. The van der Waals surface area contributed by atoms with E-state index in [4.69, 9.17) is 21.1 Å². The molecular weight excluding hydrogens is 276 g/mol. The van der Waals surface area contributed by atoms with E-state index in [0.29, 0.717) is 17.2 Å². The van der Waals surface area contributed by atoms with Crippen molar-refractivity contribution in [3.63, 3.8) is 0 Å². The van der Waals surface area contributed by atoms with E-state index in [0.717, 1.165) is 19.3 Å². The number of esters is 1. The first-order chi connectivity index (χ1) is 9.67. The van der Waals surface area contributed by atoms with Gasteiger partial charge in [-0.1, -0.05) is 43.9 Å². The van der Waals surface area contributed by atoms with Gasteiger partial charge in [0.05, 0.1) is 12.2 Å². The molecule has 0 radical (unpaired) electrons. The molecule has 0 amide bonds. The molecule has 1 aromatic carbocycles. The Morgan fingerprint density at radius 2 is 2.10 bits per heavy atom.